The largest absolute Gasteiger partial charge is 0.545 e. The number of ether oxygens (including phenoxy) is 4. The average Bonchev–Trinajstić information content (AvgIpc) is 3.50. The molecule has 2 unspecified atom stereocenters. The molecule has 0 saturated carbocycles. The Kier molecular flexibility index (Phi) is 65.9. The van der Waals surface area contributed by atoms with Crippen LogP contribution in [0.25, 0.3) is 0 Å². The smallest absolute Gasteiger partial charge is 0.306 e. The SMILES string of the molecule is CC/C=C\C/C=C\C/C=C\C/C=C\C/C=C\C/C=C\C/C=C\C/C=C\C/C=C\C/C=C\C/C=C\CCCCCC(=O)OC(COC(=O)CCCCCCCCCCCCCCCCCC/C=C\C/C=C\C/C=C\C/C=C\CC)COC(OCC[N+](C)(C)C)C(=O)[O-]. The minimum absolute atomic E-state index is 0.132. The first-order valence-corrected chi connectivity index (χ1v) is 35.9. The van der Waals surface area contributed by atoms with Gasteiger partial charge in [0.05, 0.1) is 40.3 Å². The van der Waals surface area contributed by atoms with Crippen LogP contribution in [0.3, 0.4) is 0 Å². The number of quaternary nitrogens is 1. The molecule has 0 aromatic rings. The van der Waals surface area contributed by atoms with E-state index < -0.39 is 24.3 Å². The number of unbranched alkanes of at least 4 members (excludes halogenated alkanes) is 19. The van der Waals surface area contributed by atoms with Crippen molar-refractivity contribution in [2.24, 2.45) is 0 Å². The zero-order valence-corrected chi connectivity index (χ0v) is 58.4. The number of aliphatic carboxylic acids is 1. The van der Waals surface area contributed by atoms with Crippen molar-refractivity contribution in [3.8, 4) is 0 Å². The number of esters is 2. The Morgan fingerprint density at radius 1 is 0.330 bits per heavy atom. The Morgan fingerprint density at radius 2 is 0.593 bits per heavy atom. The zero-order valence-electron chi connectivity index (χ0n) is 58.4. The van der Waals surface area contributed by atoms with Crippen LogP contribution < -0.4 is 5.11 Å². The molecule has 0 fully saturated rings. The molecule has 0 rings (SSSR count). The summed E-state index contributed by atoms with van der Waals surface area (Å²) in [6.07, 6.45) is 104. The fourth-order valence-electron chi connectivity index (χ4n) is 9.24. The molecule has 0 aromatic carbocycles. The molecule has 0 aliphatic rings. The number of carboxylic acid groups (broad SMARTS) is 1. The lowest BCUT2D eigenvalue weighted by molar-refractivity contribution is -0.870. The number of nitrogens with zero attached hydrogens (tertiary/aromatic N) is 1. The molecule has 9 heteroatoms. The van der Waals surface area contributed by atoms with E-state index in [0.717, 1.165) is 135 Å². The lowest BCUT2D eigenvalue weighted by Crippen LogP contribution is -2.44. The van der Waals surface area contributed by atoms with Crippen LogP contribution in [0.1, 0.15) is 258 Å². The number of rotatable bonds is 64. The van der Waals surface area contributed by atoms with Crippen molar-refractivity contribution in [1.82, 2.24) is 0 Å². The number of hydrogen-bond acceptors (Lipinski definition) is 8. The molecule has 0 N–H and O–H groups in total. The highest BCUT2D eigenvalue weighted by atomic mass is 16.7. The third-order valence-electron chi connectivity index (χ3n) is 14.6. The minimum Gasteiger partial charge on any atom is -0.545 e. The van der Waals surface area contributed by atoms with Gasteiger partial charge in [0.2, 0.25) is 0 Å². The van der Waals surface area contributed by atoms with Crippen LogP contribution in [-0.4, -0.2) is 82.3 Å². The predicted molar refractivity (Wildman–Crippen MR) is 388 cm³/mol. The molecule has 0 aliphatic heterocycles. The van der Waals surface area contributed by atoms with E-state index in [9.17, 15) is 19.5 Å². The summed E-state index contributed by atoms with van der Waals surface area (Å²) in [6.45, 7) is 4.47. The number of carboxylic acids is 1. The molecular formula is C82H131NO8. The molecule has 2 atom stereocenters. The number of carbonyl (C=O) groups is 3. The molecule has 9 nitrogen and oxygen atoms in total. The monoisotopic (exact) mass is 1260 g/mol. The lowest BCUT2D eigenvalue weighted by Gasteiger charge is -2.26. The number of hydrogen-bond donors (Lipinski definition) is 0. The maximum atomic E-state index is 12.9. The third kappa shape index (κ3) is 71.7. The van der Waals surface area contributed by atoms with Gasteiger partial charge in [0, 0.05) is 12.8 Å². The second-order valence-electron chi connectivity index (χ2n) is 24.4. The van der Waals surface area contributed by atoms with E-state index in [0.29, 0.717) is 17.4 Å². The molecule has 0 spiro atoms. The third-order valence-corrected chi connectivity index (χ3v) is 14.6. The van der Waals surface area contributed by atoms with Crippen molar-refractivity contribution in [3.63, 3.8) is 0 Å². The zero-order chi connectivity index (χ0) is 66.1. The van der Waals surface area contributed by atoms with Crippen molar-refractivity contribution in [2.75, 3.05) is 47.5 Å². The van der Waals surface area contributed by atoms with Gasteiger partial charge >= 0.3 is 11.9 Å². The molecule has 0 aliphatic carbocycles. The van der Waals surface area contributed by atoms with Gasteiger partial charge in [0.25, 0.3) is 0 Å². The van der Waals surface area contributed by atoms with Gasteiger partial charge in [-0.15, -0.1) is 0 Å². The summed E-state index contributed by atoms with van der Waals surface area (Å²) in [6, 6.07) is 0. The van der Waals surface area contributed by atoms with E-state index >= 15 is 0 Å². The maximum Gasteiger partial charge on any atom is 0.306 e. The van der Waals surface area contributed by atoms with Crippen LogP contribution in [0, 0.1) is 0 Å². The first-order valence-electron chi connectivity index (χ1n) is 35.9. The summed E-state index contributed by atoms with van der Waals surface area (Å²) in [5.41, 5.74) is 0. The Morgan fingerprint density at radius 3 is 0.890 bits per heavy atom. The number of allylic oxidation sites excluding steroid dienone is 30. The Balaban J connectivity index is 4.24. The van der Waals surface area contributed by atoms with Gasteiger partial charge in [-0.25, -0.2) is 0 Å². The summed E-state index contributed by atoms with van der Waals surface area (Å²) in [4.78, 5) is 37.5. The topological polar surface area (TPSA) is 111 Å². The Hall–Kier alpha value is -5.61. The Bertz CT molecular complexity index is 2150. The average molecular weight is 1260 g/mol. The van der Waals surface area contributed by atoms with E-state index in [1.807, 2.05) is 21.1 Å². The van der Waals surface area contributed by atoms with E-state index in [1.54, 1.807) is 0 Å². The number of likely N-dealkylation sites (N-methyl/N-ethyl adjacent to an activating group) is 1. The highest BCUT2D eigenvalue weighted by Gasteiger charge is 2.22. The molecular weight excluding hydrogens is 1130 g/mol. The lowest BCUT2D eigenvalue weighted by atomic mass is 10.0. The van der Waals surface area contributed by atoms with Crippen LogP contribution >= 0.6 is 0 Å². The van der Waals surface area contributed by atoms with Gasteiger partial charge in [-0.05, 0) is 135 Å². The quantitative estimate of drug-likeness (QED) is 0.0195. The van der Waals surface area contributed by atoms with E-state index in [2.05, 4.69) is 196 Å². The van der Waals surface area contributed by atoms with Crippen LogP contribution in [-0.2, 0) is 33.3 Å². The van der Waals surface area contributed by atoms with Gasteiger partial charge in [-0.1, -0.05) is 292 Å². The van der Waals surface area contributed by atoms with Crippen molar-refractivity contribution in [2.45, 2.75) is 270 Å². The molecule has 0 radical (unpaired) electrons. The van der Waals surface area contributed by atoms with Crippen LogP contribution in [0.2, 0.25) is 0 Å². The van der Waals surface area contributed by atoms with Crippen molar-refractivity contribution < 1.29 is 42.9 Å². The molecule has 91 heavy (non-hydrogen) atoms. The minimum atomic E-state index is -1.64. The van der Waals surface area contributed by atoms with Gasteiger partial charge in [0.1, 0.15) is 13.2 Å². The summed E-state index contributed by atoms with van der Waals surface area (Å²) in [7, 11) is 5.91. The fraction of sp³-hybridized carbons (Fsp3) is 0.598. The highest BCUT2D eigenvalue weighted by Crippen LogP contribution is 2.16. The standard InChI is InChI=1S/C82H131NO8/c1-6-8-10-12-14-16-18-20-22-24-26-28-30-32-34-36-37-38-39-40-41-42-43-45-47-49-51-53-55-57-59-61-63-65-67-69-71-73-80(85)91-78(77-90-82(81(86)87)88-75-74-83(3,4)5)76-89-79(84)72-70-68-66-64-62-60-58-56-54-52-50-48-46-44-35-33-31-29-27-25-23-21-19-17-15-13-11-9-7-2/h8-11,14-17,20-23,26-29,32,34,37-38,40-41,43,45,49,51,55,57,61,63,78,82H,6-7,12-13,18-19,24-25,30-31,33,35-36,39,42,44,46-48,50,52-54,56,58-60,62,64-77H2,1-5H3/b10-8-,11-9-,16-14-,17-15-,22-20-,23-21-,28-26-,29-27-,34-32-,38-37-,41-40-,45-43-,51-49-,57-55-,63-61-. The van der Waals surface area contributed by atoms with Gasteiger partial charge < -0.3 is 33.3 Å². The molecule has 0 saturated heterocycles. The normalized spacial score (nSPS) is 13.8. The molecule has 0 heterocycles. The molecule has 0 amide bonds. The van der Waals surface area contributed by atoms with Gasteiger partial charge in [0.15, 0.2) is 12.4 Å². The van der Waals surface area contributed by atoms with Crippen molar-refractivity contribution >= 4 is 17.9 Å². The van der Waals surface area contributed by atoms with Crippen LogP contribution in [0.5, 0.6) is 0 Å². The molecule has 512 valence electrons. The summed E-state index contributed by atoms with van der Waals surface area (Å²) >= 11 is 0. The van der Waals surface area contributed by atoms with E-state index in [-0.39, 0.29) is 38.6 Å². The van der Waals surface area contributed by atoms with Crippen molar-refractivity contribution in [3.05, 3.63) is 182 Å². The van der Waals surface area contributed by atoms with E-state index in [1.165, 1.54) is 89.9 Å². The molecule has 0 bridgehead atoms. The van der Waals surface area contributed by atoms with Crippen LogP contribution in [0.15, 0.2) is 182 Å². The highest BCUT2D eigenvalue weighted by molar-refractivity contribution is 5.70. The second kappa shape index (κ2) is 70.3. The second-order valence-corrected chi connectivity index (χ2v) is 24.4. The number of carbonyl (C=O) groups excluding carboxylic acids is 3. The fourth-order valence-corrected chi connectivity index (χ4v) is 9.24. The summed E-state index contributed by atoms with van der Waals surface area (Å²) in [5, 5.41) is 11.8. The maximum absolute atomic E-state index is 12.9. The van der Waals surface area contributed by atoms with Crippen molar-refractivity contribution in [1.29, 1.82) is 0 Å². The van der Waals surface area contributed by atoms with Gasteiger partial charge in [-0.3, -0.25) is 9.59 Å². The van der Waals surface area contributed by atoms with Crippen LogP contribution in [0.4, 0.5) is 0 Å². The summed E-state index contributed by atoms with van der Waals surface area (Å²) in [5.74, 6) is -2.34. The van der Waals surface area contributed by atoms with E-state index in [4.69, 9.17) is 18.9 Å². The molecule has 0 aromatic heterocycles. The first kappa shape index (κ1) is 85.4. The van der Waals surface area contributed by atoms with Gasteiger partial charge in [-0.2, -0.15) is 0 Å². The predicted octanol–water partition coefficient (Wildman–Crippen LogP) is 21.5. The summed E-state index contributed by atoms with van der Waals surface area (Å²) < 4.78 is 22.8. The first-order chi connectivity index (χ1) is 44.6. The Labute approximate surface area is 558 Å².